The van der Waals surface area contributed by atoms with Crippen LogP contribution in [-0.4, -0.2) is 63.5 Å². The summed E-state index contributed by atoms with van der Waals surface area (Å²) < 4.78 is 53.1. The largest absolute Gasteiger partial charge is 0.488 e. The lowest BCUT2D eigenvalue weighted by Crippen LogP contribution is -2.48. The second-order valence-corrected chi connectivity index (χ2v) is 11.9. The maximum atomic E-state index is 14.2. The van der Waals surface area contributed by atoms with E-state index in [1.807, 2.05) is 11.4 Å². The Balaban J connectivity index is 1.57. The van der Waals surface area contributed by atoms with Crippen LogP contribution in [0.4, 0.5) is 4.39 Å². The minimum absolute atomic E-state index is 0.0457. The van der Waals surface area contributed by atoms with Crippen molar-refractivity contribution in [2.45, 2.75) is 23.8 Å². The lowest BCUT2D eigenvalue weighted by atomic mass is 10.0. The number of rotatable bonds is 11. The molecule has 37 heavy (non-hydrogen) atoms. The van der Waals surface area contributed by atoms with Gasteiger partial charge >= 0.3 is 0 Å². The summed E-state index contributed by atoms with van der Waals surface area (Å²) in [6.45, 7) is 0.569. The fourth-order valence-electron chi connectivity index (χ4n) is 4.27. The van der Waals surface area contributed by atoms with Crippen LogP contribution in [-0.2, 0) is 26.0 Å². The molecule has 0 bridgehead atoms. The average Bonchev–Trinajstić information content (AvgIpc) is 3.37. The zero-order valence-electron chi connectivity index (χ0n) is 20.3. The third kappa shape index (κ3) is 6.50. The van der Waals surface area contributed by atoms with E-state index in [1.54, 1.807) is 28.4 Å². The van der Waals surface area contributed by atoms with E-state index in [0.29, 0.717) is 31.0 Å². The van der Waals surface area contributed by atoms with Crippen molar-refractivity contribution in [2.75, 3.05) is 40.0 Å². The summed E-state index contributed by atoms with van der Waals surface area (Å²) in [6, 6.07) is 13.4. The van der Waals surface area contributed by atoms with E-state index in [-0.39, 0.29) is 36.2 Å². The van der Waals surface area contributed by atoms with Crippen LogP contribution in [0.1, 0.15) is 22.9 Å². The summed E-state index contributed by atoms with van der Waals surface area (Å²) in [4.78, 5) is 16.5. The first-order chi connectivity index (χ1) is 17.8. The van der Waals surface area contributed by atoms with Crippen LogP contribution >= 0.6 is 22.9 Å². The van der Waals surface area contributed by atoms with E-state index in [1.165, 1.54) is 47.8 Å². The van der Waals surface area contributed by atoms with Gasteiger partial charge in [0.05, 0.1) is 17.5 Å². The highest BCUT2D eigenvalue weighted by molar-refractivity contribution is 7.89. The van der Waals surface area contributed by atoms with Crippen LogP contribution in [0.3, 0.4) is 0 Å². The topological polar surface area (TPSA) is 76.2 Å². The molecule has 0 N–H and O–H groups in total. The maximum Gasteiger partial charge on any atom is 0.243 e. The molecule has 2 aromatic carbocycles. The first kappa shape index (κ1) is 27.5. The fraction of sp³-hybridized carbons (Fsp3) is 0.346. The molecule has 0 spiro atoms. The van der Waals surface area contributed by atoms with Gasteiger partial charge in [0, 0.05) is 36.7 Å². The van der Waals surface area contributed by atoms with Crippen LogP contribution in [0.5, 0.6) is 5.75 Å². The minimum Gasteiger partial charge on any atom is -0.488 e. The molecule has 2 heterocycles. The number of fused-ring (bicyclic) bond motifs is 1. The van der Waals surface area contributed by atoms with E-state index in [0.717, 1.165) is 10.4 Å². The monoisotopic (exact) mass is 566 g/mol. The normalized spacial score (nSPS) is 15.6. The molecule has 11 heteroatoms. The van der Waals surface area contributed by atoms with Gasteiger partial charge in [-0.15, -0.1) is 11.3 Å². The summed E-state index contributed by atoms with van der Waals surface area (Å²) in [5, 5.41) is 2.37. The summed E-state index contributed by atoms with van der Waals surface area (Å²) in [6.07, 6.45) is 1.08. The highest BCUT2D eigenvalue weighted by Gasteiger charge is 2.35. The quantitative estimate of drug-likeness (QED) is 0.312. The molecule has 198 valence electrons. The van der Waals surface area contributed by atoms with Gasteiger partial charge in [0.15, 0.2) is 11.6 Å². The molecule has 0 aliphatic carbocycles. The number of ether oxygens (including phenoxy) is 2. The van der Waals surface area contributed by atoms with Crippen LogP contribution in [0.2, 0.25) is 5.02 Å². The van der Waals surface area contributed by atoms with Crippen molar-refractivity contribution in [1.82, 2.24) is 9.21 Å². The molecule has 0 saturated heterocycles. The van der Waals surface area contributed by atoms with E-state index < -0.39 is 21.9 Å². The molecular formula is C26H28ClFN2O5S2. The van der Waals surface area contributed by atoms with Crippen molar-refractivity contribution >= 4 is 38.9 Å². The van der Waals surface area contributed by atoms with Crippen molar-refractivity contribution in [3.05, 3.63) is 81.3 Å². The molecule has 0 unspecified atom stereocenters. The summed E-state index contributed by atoms with van der Waals surface area (Å²) in [5.41, 5.74) is 0.937. The third-order valence-electron chi connectivity index (χ3n) is 6.17. The number of para-hydroxylation sites is 1. The van der Waals surface area contributed by atoms with Crippen molar-refractivity contribution in [2.24, 2.45) is 0 Å². The zero-order chi connectivity index (χ0) is 26.4. The van der Waals surface area contributed by atoms with E-state index >= 15 is 0 Å². The van der Waals surface area contributed by atoms with Crippen LogP contribution < -0.4 is 4.74 Å². The number of amides is 1. The highest BCUT2D eigenvalue weighted by atomic mass is 35.5. The number of carbonyl (C=O) groups excluding carboxylic acids is 1. The van der Waals surface area contributed by atoms with Gasteiger partial charge < -0.3 is 14.4 Å². The summed E-state index contributed by atoms with van der Waals surface area (Å²) in [7, 11) is -2.43. The van der Waals surface area contributed by atoms with Gasteiger partial charge in [0.2, 0.25) is 15.9 Å². The Morgan fingerprint density at radius 2 is 1.95 bits per heavy atom. The molecule has 3 aromatic rings. The van der Waals surface area contributed by atoms with Gasteiger partial charge in [0.1, 0.15) is 6.61 Å². The number of hydrogen-bond donors (Lipinski definition) is 0. The number of carbonyl (C=O) groups is 1. The van der Waals surface area contributed by atoms with E-state index in [4.69, 9.17) is 21.1 Å². The predicted octanol–water partition coefficient (Wildman–Crippen LogP) is 4.77. The van der Waals surface area contributed by atoms with Gasteiger partial charge in [-0.05, 0) is 66.2 Å². The number of thiophene rings is 1. The number of hydrogen-bond acceptors (Lipinski definition) is 6. The molecule has 1 amide bonds. The second-order valence-electron chi connectivity index (χ2n) is 8.53. The third-order valence-corrected chi connectivity index (χ3v) is 9.28. The van der Waals surface area contributed by atoms with Gasteiger partial charge in [-0.3, -0.25) is 4.79 Å². The molecular weight excluding hydrogens is 539 g/mol. The van der Waals surface area contributed by atoms with Crippen LogP contribution in [0.25, 0.3) is 0 Å². The first-order valence-corrected chi connectivity index (χ1v) is 14.5. The van der Waals surface area contributed by atoms with E-state index in [2.05, 4.69) is 0 Å². The Morgan fingerprint density at radius 3 is 2.68 bits per heavy atom. The average molecular weight is 567 g/mol. The number of methoxy groups -OCH3 is 1. The molecule has 7 nitrogen and oxygen atoms in total. The highest BCUT2D eigenvalue weighted by Crippen LogP contribution is 2.34. The minimum atomic E-state index is -3.97. The number of nitrogens with zero attached hydrogens (tertiary/aromatic N) is 2. The molecule has 0 fully saturated rings. The summed E-state index contributed by atoms with van der Waals surface area (Å²) >= 11 is 7.54. The Bertz CT molecular complexity index is 1320. The van der Waals surface area contributed by atoms with Crippen LogP contribution in [0.15, 0.2) is 64.9 Å². The Kier molecular flexibility index (Phi) is 9.20. The lowest BCUT2D eigenvalue weighted by molar-refractivity contribution is -0.135. The van der Waals surface area contributed by atoms with Crippen molar-refractivity contribution in [3.8, 4) is 5.75 Å². The smallest absolute Gasteiger partial charge is 0.243 e. The number of sulfonamides is 1. The molecule has 0 radical (unpaired) electrons. The maximum absolute atomic E-state index is 14.2. The second kappa shape index (κ2) is 12.4. The molecule has 4 rings (SSSR count). The van der Waals surface area contributed by atoms with Crippen LogP contribution in [0, 0.1) is 5.82 Å². The number of benzene rings is 2. The molecule has 1 aliphatic rings. The van der Waals surface area contributed by atoms with E-state index in [9.17, 15) is 17.6 Å². The SMILES string of the molecule is COCCCN(CC(=O)N1CCc2sccc2[C@@H]1COc1ccccc1F)S(=O)(=O)c1ccc(Cl)cc1. The standard InChI is InChI=1S/C26H28ClFN2O5S2/c1-34-15-4-13-29(37(32,33)20-9-7-19(27)8-10-20)17-26(31)30-14-11-25-21(12-16-36-25)23(30)18-35-24-6-3-2-5-22(24)28/h2-3,5-10,12,16,23H,4,11,13-15,17-18H2,1H3/t23-/m0/s1. The Labute approximate surface area is 225 Å². The fourth-order valence-corrected chi connectivity index (χ4v) is 6.75. The van der Waals surface area contributed by atoms with Gasteiger partial charge in [-0.25, -0.2) is 12.8 Å². The predicted molar refractivity (Wildman–Crippen MR) is 141 cm³/mol. The van der Waals surface area contributed by atoms with Crippen molar-refractivity contribution in [3.63, 3.8) is 0 Å². The van der Waals surface area contributed by atoms with Crippen molar-refractivity contribution in [1.29, 1.82) is 0 Å². The summed E-state index contributed by atoms with van der Waals surface area (Å²) in [5.74, 6) is -0.738. The Hall–Kier alpha value is -2.50. The molecule has 1 aliphatic heterocycles. The van der Waals surface area contributed by atoms with Gasteiger partial charge in [-0.2, -0.15) is 4.31 Å². The molecule has 0 saturated carbocycles. The van der Waals surface area contributed by atoms with Gasteiger partial charge in [0.25, 0.3) is 0 Å². The number of halogens is 2. The first-order valence-electron chi connectivity index (χ1n) is 11.8. The molecule has 1 atom stereocenters. The van der Waals surface area contributed by atoms with Crippen molar-refractivity contribution < 1.29 is 27.1 Å². The molecule has 1 aromatic heterocycles. The zero-order valence-corrected chi connectivity index (χ0v) is 22.7. The van der Waals surface area contributed by atoms with Gasteiger partial charge in [-0.1, -0.05) is 23.7 Å². The lowest BCUT2D eigenvalue weighted by Gasteiger charge is -2.37. The Morgan fingerprint density at radius 1 is 1.19 bits per heavy atom.